The van der Waals surface area contributed by atoms with Crippen LogP contribution in [0.2, 0.25) is 0 Å². The van der Waals surface area contributed by atoms with Crippen LogP contribution in [0.15, 0.2) is 24.3 Å². The number of hydrogen-bond acceptors (Lipinski definition) is 3. The molecule has 118 valence electrons. The molecule has 21 heavy (non-hydrogen) atoms. The summed E-state index contributed by atoms with van der Waals surface area (Å²) in [4.78, 5) is 2.37. The molecule has 0 radical (unpaired) electrons. The molecule has 1 N–H and O–H groups in total. The van der Waals surface area contributed by atoms with Crippen molar-refractivity contribution in [3.8, 4) is 0 Å². The summed E-state index contributed by atoms with van der Waals surface area (Å²) in [5.41, 5.74) is 2.42. The fraction of sp³-hybridized carbons (Fsp3) is 0.667. The fourth-order valence-electron chi connectivity index (χ4n) is 3.29. The van der Waals surface area contributed by atoms with Gasteiger partial charge in [0.1, 0.15) is 0 Å². The molecule has 3 nitrogen and oxygen atoms in total. The van der Waals surface area contributed by atoms with Gasteiger partial charge in [0, 0.05) is 19.6 Å². The number of aliphatic hydroxyl groups excluding tert-OH is 1. The van der Waals surface area contributed by atoms with Crippen LogP contribution in [0.3, 0.4) is 0 Å². The minimum atomic E-state index is -0.395. The van der Waals surface area contributed by atoms with E-state index in [1.165, 1.54) is 12.0 Å². The quantitative estimate of drug-likeness (QED) is 0.875. The van der Waals surface area contributed by atoms with Crippen molar-refractivity contribution in [1.82, 2.24) is 4.90 Å². The number of hydrogen-bond donors (Lipinski definition) is 1. The highest BCUT2D eigenvalue weighted by Gasteiger charge is 2.23. The Hall–Kier alpha value is -0.900. The summed E-state index contributed by atoms with van der Waals surface area (Å²) in [6.07, 6.45) is 0.907. The summed E-state index contributed by atoms with van der Waals surface area (Å²) < 4.78 is 5.64. The van der Waals surface area contributed by atoms with Gasteiger partial charge in [-0.1, -0.05) is 43.7 Å². The number of β-amino-alcohol motifs (C(OH)–C–C–N with tert-alkyl or cyclic N) is 1. The van der Waals surface area contributed by atoms with Gasteiger partial charge < -0.3 is 14.7 Å². The molecule has 1 saturated heterocycles. The Labute approximate surface area is 128 Å². The summed E-state index contributed by atoms with van der Waals surface area (Å²) in [5, 5.41) is 10.1. The van der Waals surface area contributed by atoms with E-state index in [1.54, 1.807) is 0 Å². The Balaban J connectivity index is 1.67. The number of piperidine rings is 1. The maximum Gasteiger partial charge on any atom is 0.0900 e. The molecule has 1 aliphatic heterocycles. The second kappa shape index (κ2) is 7.92. The van der Waals surface area contributed by atoms with Crippen molar-refractivity contribution in [3.63, 3.8) is 0 Å². The number of benzene rings is 1. The summed E-state index contributed by atoms with van der Waals surface area (Å²) in [6.45, 7) is 10.6. The second-order valence-corrected chi connectivity index (χ2v) is 6.82. The van der Waals surface area contributed by atoms with Gasteiger partial charge in [0.25, 0.3) is 0 Å². The van der Waals surface area contributed by atoms with Crippen LogP contribution in [0.4, 0.5) is 0 Å². The van der Waals surface area contributed by atoms with Gasteiger partial charge in [0.2, 0.25) is 0 Å². The van der Waals surface area contributed by atoms with Crippen LogP contribution in [0.1, 0.15) is 31.4 Å². The van der Waals surface area contributed by atoms with E-state index in [-0.39, 0.29) is 0 Å². The molecule has 0 aromatic heterocycles. The van der Waals surface area contributed by atoms with Crippen molar-refractivity contribution >= 4 is 0 Å². The molecule has 1 aromatic carbocycles. The van der Waals surface area contributed by atoms with Gasteiger partial charge in [-0.2, -0.15) is 0 Å². The van der Waals surface area contributed by atoms with Gasteiger partial charge in [0.05, 0.1) is 19.3 Å². The van der Waals surface area contributed by atoms with E-state index < -0.39 is 6.10 Å². The molecule has 3 atom stereocenters. The molecule has 0 spiro atoms. The molecule has 1 fully saturated rings. The lowest BCUT2D eigenvalue weighted by Crippen LogP contribution is -2.43. The first kappa shape index (κ1) is 16.5. The minimum Gasteiger partial charge on any atom is -0.389 e. The number of rotatable bonds is 6. The minimum absolute atomic E-state index is 0.395. The zero-order chi connectivity index (χ0) is 15.2. The highest BCUT2D eigenvalue weighted by molar-refractivity contribution is 5.20. The third-order valence-corrected chi connectivity index (χ3v) is 4.11. The van der Waals surface area contributed by atoms with Crippen molar-refractivity contribution in [2.75, 3.05) is 26.2 Å². The molecule has 3 heteroatoms. The Morgan fingerprint density at radius 2 is 1.81 bits per heavy atom. The predicted octanol–water partition coefficient (Wildman–Crippen LogP) is 2.85. The first-order chi connectivity index (χ1) is 10.0. The summed E-state index contributed by atoms with van der Waals surface area (Å²) in [7, 11) is 0. The predicted molar refractivity (Wildman–Crippen MR) is 86.2 cm³/mol. The average Bonchev–Trinajstić information content (AvgIpc) is 2.39. The molecule has 0 aliphatic carbocycles. The van der Waals surface area contributed by atoms with Crippen molar-refractivity contribution in [2.24, 2.45) is 11.8 Å². The second-order valence-electron chi connectivity index (χ2n) is 6.82. The van der Waals surface area contributed by atoms with Gasteiger partial charge in [-0.05, 0) is 30.7 Å². The molecular weight excluding hydrogens is 262 g/mol. The lowest BCUT2D eigenvalue weighted by Gasteiger charge is -2.35. The third kappa shape index (κ3) is 5.77. The standard InChI is InChI=1S/C18H29NO2/c1-14-4-6-17(7-5-14)12-21-13-18(20)11-19-9-15(2)8-16(3)10-19/h4-7,15-16,18,20H,8-13H2,1-3H3/t15-,16-,18+/m0/s1. The van der Waals surface area contributed by atoms with Crippen LogP contribution >= 0.6 is 0 Å². The highest BCUT2D eigenvalue weighted by Crippen LogP contribution is 2.20. The molecule has 2 rings (SSSR count). The molecule has 1 heterocycles. The zero-order valence-electron chi connectivity index (χ0n) is 13.6. The van der Waals surface area contributed by atoms with E-state index in [0.29, 0.717) is 13.2 Å². The number of ether oxygens (including phenoxy) is 1. The molecule has 0 bridgehead atoms. The van der Waals surface area contributed by atoms with Crippen molar-refractivity contribution in [2.45, 2.75) is 39.9 Å². The smallest absolute Gasteiger partial charge is 0.0900 e. The largest absolute Gasteiger partial charge is 0.389 e. The van der Waals surface area contributed by atoms with Crippen molar-refractivity contribution in [3.05, 3.63) is 35.4 Å². The van der Waals surface area contributed by atoms with Crippen LogP contribution in [-0.2, 0) is 11.3 Å². The third-order valence-electron chi connectivity index (χ3n) is 4.11. The van der Waals surface area contributed by atoms with Gasteiger partial charge in [-0.3, -0.25) is 0 Å². The SMILES string of the molecule is Cc1ccc(COC[C@H](O)CN2C[C@@H](C)C[C@H](C)C2)cc1. The Morgan fingerprint density at radius 1 is 1.19 bits per heavy atom. The molecule has 1 aliphatic rings. The van der Waals surface area contributed by atoms with Crippen LogP contribution in [-0.4, -0.2) is 42.4 Å². The van der Waals surface area contributed by atoms with E-state index in [0.717, 1.165) is 37.0 Å². The lowest BCUT2D eigenvalue weighted by molar-refractivity contribution is -0.000895. The monoisotopic (exact) mass is 291 g/mol. The highest BCUT2D eigenvalue weighted by atomic mass is 16.5. The Kier molecular flexibility index (Phi) is 6.22. The molecule has 1 aromatic rings. The topological polar surface area (TPSA) is 32.7 Å². The molecular formula is C18H29NO2. The Morgan fingerprint density at radius 3 is 2.43 bits per heavy atom. The molecule has 0 unspecified atom stereocenters. The maximum atomic E-state index is 10.1. The summed E-state index contributed by atoms with van der Waals surface area (Å²) in [5.74, 6) is 1.46. The molecule has 0 saturated carbocycles. The molecule has 0 amide bonds. The van der Waals surface area contributed by atoms with Crippen molar-refractivity contribution < 1.29 is 9.84 Å². The van der Waals surface area contributed by atoms with E-state index >= 15 is 0 Å². The van der Waals surface area contributed by atoms with Gasteiger partial charge in [0.15, 0.2) is 0 Å². The number of nitrogens with zero attached hydrogens (tertiary/aromatic N) is 1. The van der Waals surface area contributed by atoms with Gasteiger partial charge >= 0.3 is 0 Å². The van der Waals surface area contributed by atoms with Crippen LogP contribution in [0.25, 0.3) is 0 Å². The fourth-order valence-corrected chi connectivity index (χ4v) is 3.29. The number of aryl methyl sites for hydroxylation is 1. The maximum absolute atomic E-state index is 10.1. The van der Waals surface area contributed by atoms with E-state index in [1.807, 2.05) is 0 Å². The zero-order valence-corrected chi connectivity index (χ0v) is 13.6. The van der Waals surface area contributed by atoms with Crippen LogP contribution in [0.5, 0.6) is 0 Å². The van der Waals surface area contributed by atoms with Gasteiger partial charge in [-0.25, -0.2) is 0 Å². The Bertz CT molecular complexity index is 408. The average molecular weight is 291 g/mol. The van der Waals surface area contributed by atoms with E-state index in [4.69, 9.17) is 4.74 Å². The normalized spacial score (nSPS) is 25.0. The lowest BCUT2D eigenvalue weighted by atomic mass is 9.92. The van der Waals surface area contributed by atoms with Crippen LogP contribution in [0, 0.1) is 18.8 Å². The first-order valence-electron chi connectivity index (χ1n) is 8.06. The van der Waals surface area contributed by atoms with Gasteiger partial charge in [-0.15, -0.1) is 0 Å². The first-order valence-corrected chi connectivity index (χ1v) is 8.06. The number of likely N-dealkylation sites (tertiary alicyclic amines) is 1. The van der Waals surface area contributed by atoms with E-state index in [2.05, 4.69) is 49.9 Å². The van der Waals surface area contributed by atoms with Crippen LogP contribution < -0.4 is 0 Å². The van der Waals surface area contributed by atoms with Crippen molar-refractivity contribution in [1.29, 1.82) is 0 Å². The summed E-state index contributed by atoms with van der Waals surface area (Å²) in [6, 6.07) is 8.34. The van der Waals surface area contributed by atoms with E-state index in [9.17, 15) is 5.11 Å². The number of aliphatic hydroxyl groups is 1. The summed E-state index contributed by atoms with van der Waals surface area (Å²) >= 11 is 0.